The Kier molecular flexibility index (Phi) is 4.12. The van der Waals surface area contributed by atoms with Gasteiger partial charge in [0, 0.05) is 0 Å². The predicted octanol–water partition coefficient (Wildman–Crippen LogP) is 2.91. The molecule has 0 saturated carbocycles. The molecule has 1 aromatic carbocycles. The van der Waals surface area contributed by atoms with Crippen molar-refractivity contribution in [1.82, 2.24) is 0 Å². The SMILES string of the molecule is N#Cc1ccc(NC(=O)CBr)c(C(F)(F)F)c1. The van der Waals surface area contributed by atoms with Gasteiger partial charge in [0.25, 0.3) is 0 Å². The standard InChI is InChI=1S/C10H6BrF3N2O/c11-4-9(17)16-8-2-1-6(5-15)3-7(8)10(12,13)14/h1-3H,4H2,(H,16,17). The lowest BCUT2D eigenvalue weighted by atomic mass is 10.1. The van der Waals surface area contributed by atoms with Gasteiger partial charge in [-0.2, -0.15) is 18.4 Å². The fraction of sp³-hybridized carbons (Fsp3) is 0.200. The van der Waals surface area contributed by atoms with Crippen LogP contribution in [0, 0.1) is 11.3 Å². The summed E-state index contributed by atoms with van der Waals surface area (Å²) in [5, 5.41) is 10.5. The number of carbonyl (C=O) groups is 1. The van der Waals surface area contributed by atoms with Crippen LogP contribution in [0.5, 0.6) is 0 Å². The van der Waals surface area contributed by atoms with Crippen molar-refractivity contribution >= 4 is 27.5 Å². The third-order valence-electron chi connectivity index (χ3n) is 1.85. The van der Waals surface area contributed by atoms with E-state index >= 15 is 0 Å². The second-order valence-corrected chi connectivity index (χ2v) is 3.61. The van der Waals surface area contributed by atoms with Crippen LogP contribution >= 0.6 is 15.9 Å². The van der Waals surface area contributed by atoms with Gasteiger partial charge in [0.2, 0.25) is 5.91 Å². The monoisotopic (exact) mass is 306 g/mol. The van der Waals surface area contributed by atoms with E-state index in [0.717, 1.165) is 6.07 Å². The number of amides is 1. The highest BCUT2D eigenvalue weighted by Gasteiger charge is 2.34. The van der Waals surface area contributed by atoms with Gasteiger partial charge in [0.15, 0.2) is 0 Å². The Hall–Kier alpha value is -1.55. The number of anilines is 1. The van der Waals surface area contributed by atoms with Gasteiger partial charge < -0.3 is 5.32 Å². The maximum absolute atomic E-state index is 12.6. The average Bonchev–Trinajstić information content (AvgIpc) is 2.28. The highest BCUT2D eigenvalue weighted by atomic mass is 79.9. The van der Waals surface area contributed by atoms with Gasteiger partial charge in [0.1, 0.15) is 0 Å². The van der Waals surface area contributed by atoms with E-state index in [-0.39, 0.29) is 16.6 Å². The molecule has 7 heteroatoms. The van der Waals surface area contributed by atoms with Crippen molar-refractivity contribution in [3.63, 3.8) is 0 Å². The van der Waals surface area contributed by atoms with E-state index in [2.05, 4.69) is 21.2 Å². The van der Waals surface area contributed by atoms with Crippen LogP contribution in [-0.2, 0) is 11.0 Å². The van der Waals surface area contributed by atoms with E-state index in [1.54, 1.807) is 6.07 Å². The molecule has 0 heterocycles. The third kappa shape index (κ3) is 3.46. The van der Waals surface area contributed by atoms with Crippen LogP contribution in [-0.4, -0.2) is 11.2 Å². The zero-order valence-corrected chi connectivity index (χ0v) is 9.89. The van der Waals surface area contributed by atoms with Gasteiger partial charge in [-0.05, 0) is 18.2 Å². The molecule has 0 spiro atoms. The van der Waals surface area contributed by atoms with Crippen molar-refractivity contribution in [3.8, 4) is 6.07 Å². The van der Waals surface area contributed by atoms with Crippen LogP contribution in [0.2, 0.25) is 0 Å². The van der Waals surface area contributed by atoms with E-state index in [0.29, 0.717) is 6.07 Å². The zero-order valence-electron chi connectivity index (χ0n) is 8.31. The van der Waals surface area contributed by atoms with Crippen molar-refractivity contribution in [2.75, 3.05) is 10.6 Å². The van der Waals surface area contributed by atoms with Crippen LogP contribution in [0.3, 0.4) is 0 Å². The smallest absolute Gasteiger partial charge is 0.325 e. The van der Waals surface area contributed by atoms with Gasteiger partial charge >= 0.3 is 6.18 Å². The minimum absolute atomic E-state index is 0.107. The van der Waals surface area contributed by atoms with E-state index in [9.17, 15) is 18.0 Å². The van der Waals surface area contributed by atoms with Crippen molar-refractivity contribution in [3.05, 3.63) is 29.3 Å². The van der Waals surface area contributed by atoms with Crippen molar-refractivity contribution in [1.29, 1.82) is 5.26 Å². The number of rotatable bonds is 2. The Morgan fingerprint density at radius 1 is 1.47 bits per heavy atom. The van der Waals surface area contributed by atoms with E-state index in [4.69, 9.17) is 5.26 Å². The molecule has 0 aliphatic heterocycles. The summed E-state index contributed by atoms with van der Waals surface area (Å²) in [4.78, 5) is 11.0. The molecule has 0 aliphatic rings. The Bertz CT molecular complexity index is 479. The van der Waals surface area contributed by atoms with Gasteiger partial charge in [0.05, 0.1) is 28.2 Å². The summed E-state index contributed by atoms with van der Waals surface area (Å²) in [5.41, 5.74) is -1.51. The maximum atomic E-state index is 12.6. The lowest BCUT2D eigenvalue weighted by molar-refractivity contribution is -0.137. The van der Waals surface area contributed by atoms with Crippen LogP contribution in [0.15, 0.2) is 18.2 Å². The molecule has 0 atom stereocenters. The summed E-state index contributed by atoms with van der Waals surface area (Å²) in [5.74, 6) is -0.597. The number of carbonyl (C=O) groups excluding carboxylic acids is 1. The van der Waals surface area contributed by atoms with Crippen molar-refractivity contribution in [2.24, 2.45) is 0 Å². The molecular weight excluding hydrogens is 301 g/mol. The van der Waals surface area contributed by atoms with Crippen molar-refractivity contribution < 1.29 is 18.0 Å². The lowest BCUT2D eigenvalue weighted by Crippen LogP contribution is -2.17. The molecule has 3 nitrogen and oxygen atoms in total. The fourth-order valence-electron chi connectivity index (χ4n) is 1.14. The average molecular weight is 307 g/mol. The Labute approximate surface area is 103 Å². The number of nitrogens with zero attached hydrogens (tertiary/aromatic N) is 1. The fourth-order valence-corrected chi connectivity index (χ4v) is 1.28. The molecule has 1 N–H and O–H groups in total. The molecule has 0 aromatic heterocycles. The minimum Gasteiger partial charge on any atom is -0.325 e. The van der Waals surface area contributed by atoms with Gasteiger partial charge in [-0.3, -0.25) is 4.79 Å². The van der Waals surface area contributed by atoms with Crippen LogP contribution < -0.4 is 5.32 Å². The molecule has 1 rings (SSSR count). The quantitative estimate of drug-likeness (QED) is 0.854. The highest BCUT2D eigenvalue weighted by molar-refractivity contribution is 9.09. The first-order valence-electron chi connectivity index (χ1n) is 4.35. The summed E-state index contributed by atoms with van der Waals surface area (Å²) in [7, 11) is 0. The predicted molar refractivity (Wildman–Crippen MR) is 58.6 cm³/mol. The molecule has 0 saturated heterocycles. The van der Waals surface area contributed by atoms with E-state index in [1.165, 1.54) is 6.07 Å². The van der Waals surface area contributed by atoms with Crippen LogP contribution in [0.1, 0.15) is 11.1 Å². The first-order valence-corrected chi connectivity index (χ1v) is 5.47. The van der Waals surface area contributed by atoms with E-state index in [1.807, 2.05) is 0 Å². The molecule has 0 fully saturated rings. The number of halogens is 4. The number of hydrogen-bond donors (Lipinski definition) is 1. The molecule has 1 aromatic rings. The maximum Gasteiger partial charge on any atom is 0.418 e. The largest absolute Gasteiger partial charge is 0.418 e. The van der Waals surface area contributed by atoms with E-state index < -0.39 is 17.6 Å². The summed E-state index contributed by atoms with van der Waals surface area (Å²) >= 11 is 2.83. The summed E-state index contributed by atoms with van der Waals surface area (Å²) in [6, 6.07) is 4.58. The molecule has 0 unspecified atom stereocenters. The zero-order chi connectivity index (χ0) is 13.1. The molecule has 1 amide bonds. The number of nitriles is 1. The number of alkyl halides is 4. The first kappa shape index (κ1) is 13.5. The summed E-state index contributed by atoms with van der Waals surface area (Å²) in [6.07, 6.45) is -4.62. The molecule has 0 aliphatic carbocycles. The highest BCUT2D eigenvalue weighted by Crippen LogP contribution is 2.35. The third-order valence-corrected chi connectivity index (χ3v) is 2.36. The summed E-state index contributed by atoms with van der Waals surface area (Å²) < 4.78 is 37.9. The molecular formula is C10H6BrF3N2O. The molecule has 17 heavy (non-hydrogen) atoms. The van der Waals surface area contributed by atoms with Gasteiger partial charge in [-0.15, -0.1) is 0 Å². The molecule has 0 radical (unpaired) electrons. The van der Waals surface area contributed by atoms with Crippen molar-refractivity contribution in [2.45, 2.75) is 6.18 Å². The Balaban J connectivity index is 3.22. The topological polar surface area (TPSA) is 52.9 Å². The first-order chi connectivity index (χ1) is 7.88. The Morgan fingerprint density at radius 3 is 2.59 bits per heavy atom. The van der Waals surface area contributed by atoms with Gasteiger partial charge in [-0.1, -0.05) is 15.9 Å². The summed E-state index contributed by atoms with van der Waals surface area (Å²) in [6.45, 7) is 0. The number of nitrogens with one attached hydrogen (secondary N) is 1. The lowest BCUT2D eigenvalue weighted by Gasteiger charge is -2.13. The molecule has 90 valence electrons. The minimum atomic E-state index is -4.62. The number of hydrogen-bond acceptors (Lipinski definition) is 2. The van der Waals surface area contributed by atoms with Gasteiger partial charge in [-0.25, -0.2) is 0 Å². The van der Waals surface area contributed by atoms with Crippen LogP contribution in [0.4, 0.5) is 18.9 Å². The van der Waals surface area contributed by atoms with Crippen LogP contribution in [0.25, 0.3) is 0 Å². The number of benzene rings is 1. The molecule has 0 bridgehead atoms. The normalized spacial score (nSPS) is 10.8. The second-order valence-electron chi connectivity index (χ2n) is 3.05. The second kappa shape index (κ2) is 5.19. The Morgan fingerprint density at radius 2 is 2.12 bits per heavy atom.